The van der Waals surface area contributed by atoms with Crippen LogP contribution in [0.1, 0.15) is 22.8 Å². The third kappa shape index (κ3) is 4.34. The smallest absolute Gasteiger partial charge is 0.255 e. The minimum Gasteiger partial charge on any atom is -0.496 e. The highest BCUT2D eigenvalue weighted by molar-refractivity contribution is 7.99. The molecule has 0 radical (unpaired) electrons. The van der Waals surface area contributed by atoms with Gasteiger partial charge in [0, 0.05) is 35.3 Å². The SMILES string of the molecule is COc1ccc(NC(=O)c2ccc(S(=O)(=O)N3CCSCC3C)cc2)cc1C. The molecule has 2 aromatic carbocycles. The van der Waals surface area contributed by atoms with Crippen molar-refractivity contribution in [2.75, 3.05) is 30.5 Å². The fraction of sp³-hybridized carbons (Fsp3) is 0.350. The van der Waals surface area contributed by atoms with E-state index in [-0.39, 0.29) is 16.8 Å². The maximum atomic E-state index is 12.9. The van der Waals surface area contributed by atoms with Crippen molar-refractivity contribution < 1.29 is 17.9 Å². The van der Waals surface area contributed by atoms with Crippen LogP contribution in [-0.2, 0) is 10.0 Å². The molecule has 1 atom stereocenters. The Morgan fingerprint density at radius 1 is 1.21 bits per heavy atom. The first-order valence-corrected chi connectivity index (χ1v) is 11.6. The summed E-state index contributed by atoms with van der Waals surface area (Å²) in [6, 6.07) is 11.4. The Kier molecular flexibility index (Phi) is 6.32. The van der Waals surface area contributed by atoms with Gasteiger partial charge in [0.25, 0.3) is 5.91 Å². The molecule has 1 saturated heterocycles. The molecule has 3 rings (SSSR count). The van der Waals surface area contributed by atoms with Gasteiger partial charge in [0.1, 0.15) is 5.75 Å². The third-order valence-corrected chi connectivity index (χ3v) is 7.90. The lowest BCUT2D eigenvalue weighted by atomic mass is 10.1. The number of carbonyl (C=O) groups is 1. The van der Waals surface area contributed by atoms with E-state index < -0.39 is 10.0 Å². The molecule has 0 saturated carbocycles. The molecule has 6 nitrogen and oxygen atoms in total. The molecule has 0 aromatic heterocycles. The Hall–Kier alpha value is -2.03. The van der Waals surface area contributed by atoms with Crippen molar-refractivity contribution in [1.82, 2.24) is 4.31 Å². The maximum Gasteiger partial charge on any atom is 0.255 e. The first kappa shape index (κ1) is 20.7. The van der Waals surface area contributed by atoms with Crippen molar-refractivity contribution >= 4 is 33.4 Å². The van der Waals surface area contributed by atoms with E-state index in [1.54, 1.807) is 47.4 Å². The van der Waals surface area contributed by atoms with E-state index in [0.717, 1.165) is 22.8 Å². The van der Waals surface area contributed by atoms with Gasteiger partial charge in [-0.25, -0.2) is 8.42 Å². The summed E-state index contributed by atoms with van der Waals surface area (Å²) >= 11 is 1.76. The van der Waals surface area contributed by atoms with Crippen LogP contribution in [0.4, 0.5) is 5.69 Å². The van der Waals surface area contributed by atoms with E-state index in [1.165, 1.54) is 12.1 Å². The first-order valence-electron chi connectivity index (χ1n) is 8.98. The van der Waals surface area contributed by atoms with Gasteiger partial charge in [-0.1, -0.05) is 0 Å². The molecule has 1 N–H and O–H groups in total. The molecule has 1 amide bonds. The van der Waals surface area contributed by atoms with Gasteiger partial charge in [0.15, 0.2) is 0 Å². The van der Waals surface area contributed by atoms with Crippen LogP contribution in [0.25, 0.3) is 0 Å². The van der Waals surface area contributed by atoms with E-state index in [1.807, 2.05) is 19.9 Å². The Bertz CT molecular complexity index is 959. The van der Waals surface area contributed by atoms with E-state index in [4.69, 9.17) is 4.74 Å². The van der Waals surface area contributed by atoms with Crippen molar-refractivity contribution in [3.05, 3.63) is 53.6 Å². The van der Waals surface area contributed by atoms with Crippen LogP contribution < -0.4 is 10.1 Å². The van der Waals surface area contributed by atoms with Gasteiger partial charge < -0.3 is 10.1 Å². The number of hydrogen-bond acceptors (Lipinski definition) is 5. The minimum absolute atomic E-state index is 0.0370. The van der Waals surface area contributed by atoms with Crippen LogP contribution in [0.3, 0.4) is 0 Å². The van der Waals surface area contributed by atoms with E-state index in [9.17, 15) is 13.2 Å². The zero-order chi connectivity index (χ0) is 20.3. The summed E-state index contributed by atoms with van der Waals surface area (Å²) in [5, 5.41) is 2.82. The highest BCUT2D eigenvalue weighted by Crippen LogP contribution is 2.25. The molecular formula is C20H24N2O4S2. The Balaban J connectivity index is 1.74. The summed E-state index contributed by atoms with van der Waals surface area (Å²) in [6.45, 7) is 4.32. The van der Waals surface area contributed by atoms with Crippen LogP contribution in [0.5, 0.6) is 5.75 Å². The van der Waals surface area contributed by atoms with Crippen LogP contribution in [0, 0.1) is 6.92 Å². The quantitative estimate of drug-likeness (QED) is 0.803. The topological polar surface area (TPSA) is 75.7 Å². The number of amides is 1. The molecule has 0 bridgehead atoms. The molecule has 8 heteroatoms. The predicted molar refractivity (Wildman–Crippen MR) is 113 cm³/mol. The van der Waals surface area contributed by atoms with Crippen molar-refractivity contribution in [3.8, 4) is 5.75 Å². The number of ether oxygens (including phenoxy) is 1. The zero-order valence-corrected chi connectivity index (χ0v) is 17.8. The number of rotatable bonds is 5. The van der Waals surface area contributed by atoms with Crippen LogP contribution in [0.15, 0.2) is 47.4 Å². The molecule has 1 aliphatic heterocycles. The summed E-state index contributed by atoms with van der Waals surface area (Å²) < 4.78 is 32.5. The monoisotopic (exact) mass is 420 g/mol. The maximum absolute atomic E-state index is 12.9. The van der Waals surface area contributed by atoms with Crippen molar-refractivity contribution in [1.29, 1.82) is 0 Å². The average molecular weight is 421 g/mol. The van der Waals surface area contributed by atoms with Gasteiger partial charge in [-0.15, -0.1) is 0 Å². The summed E-state index contributed by atoms with van der Waals surface area (Å²) in [4.78, 5) is 12.7. The summed E-state index contributed by atoms with van der Waals surface area (Å²) in [7, 11) is -1.95. The summed E-state index contributed by atoms with van der Waals surface area (Å²) in [5.41, 5.74) is 1.96. The highest BCUT2D eigenvalue weighted by Gasteiger charge is 2.31. The van der Waals surface area contributed by atoms with Crippen LogP contribution in [0.2, 0.25) is 0 Å². The normalized spacial score (nSPS) is 17.9. The molecule has 1 unspecified atom stereocenters. The first-order chi connectivity index (χ1) is 13.3. The number of methoxy groups -OCH3 is 1. The molecule has 0 aliphatic carbocycles. The number of thioether (sulfide) groups is 1. The summed E-state index contributed by atoms with van der Waals surface area (Å²) in [5.74, 6) is 2.04. The van der Waals surface area contributed by atoms with E-state index >= 15 is 0 Å². The fourth-order valence-corrected chi connectivity index (χ4v) is 6.00. The molecule has 1 fully saturated rings. The number of hydrogen-bond donors (Lipinski definition) is 1. The van der Waals surface area contributed by atoms with E-state index in [2.05, 4.69) is 5.32 Å². The number of benzene rings is 2. The Labute approximate surface area is 170 Å². The number of nitrogens with zero attached hydrogens (tertiary/aromatic N) is 1. The van der Waals surface area contributed by atoms with Gasteiger partial charge >= 0.3 is 0 Å². The Morgan fingerprint density at radius 2 is 1.93 bits per heavy atom. The second-order valence-electron chi connectivity index (χ2n) is 6.70. The lowest BCUT2D eigenvalue weighted by Crippen LogP contribution is -2.44. The summed E-state index contributed by atoms with van der Waals surface area (Å²) in [6.07, 6.45) is 0. The average Bonchev–Trinajstić information content (AvgIpc) is 2.68. The van der Waals surface area contributed by atoms with Crippen molar-refractivity contribution in [3.63, 3.8) is 0 Å². The van der Waals surface area contributed by atoms with Gasteiger partial charge in [-0.05, 0) is 61.9 Å². The molecule has 0 spiro atoms. The molecule has 1 heterocycles. The highest BCUT2D eigenvalue weighted by atomic mass is 32.2. The fourth-order valence-electron chi connectivity index (χ4n) is 3.14. The van der Waals surface area contributed by atoms with Crippen molar-refractivity contribution in [2.24, 2.45) is 0 Å². The minimum atomic E-state index is -3.55. The predicted octanol–water partition coefficient (Wildman–Crippen LogP) is 3.38. The zero-order valence-electron chi connectivity index (χ0n) is 16.1. The number of aryl methyl sites for hydroxylation is 1. The molecule has 1 aliphatic rings. The second kappa shape index (κ2) is 8.55. The second-order valence-corrected chi connectivity index (χ2v) is 9.74. The van der Waals surface area contributed by atoms with Gasteiger partial charge in [0.05, 0.1) is 12.0 Å². The van der Waals surface area contributed by atoms with Gasteiger partial charge in [-0.3, -0.25) is 4.79 Å². The lowest BCUT2D eigenvalue weighted by molar-refractivity contribution is 0.102. The largest absolute Gasteiger partial charge is 0.496 e. The molecule has 2 aromatic rings. The van der Waals surface area contributed by atoms with Gasteiger partial charge in [-0.2, -0.15) is 16.1 Å². The number of nitrogens with one attached hydrogen (secondary N) is 1. The lowest BCUT2D eigenvalue weighted by Gasteiger charge is -2.31. The number of anilines is 1. The van der Waals surface area contributed by atoms with Crippen LogP contribution >= 0.6 is 11.8 Å². The van der Waals surface area contributed by atoms with Crippen LogP contribution in [-0.4, -0.2) is 49.8 Å². The molecule has 150 valence electrons. The van der Waals surface area contributed by atoms with Gasteiger partial charge in [0.2, 0.25) is 10.0 Å². The third-order valence-electron chi connectivity index (χ3n) is 4.68. The molecule has 28 heavy (non-hydrogen) atoms. The molecular weight excluding hydrogens is 396 g/mol. The van der Waals surface area contributed by atoms with Crippen molar-refractivity contribution in [2.45, 2.75) is 24.8 Å². The van der Waals surface area contributed by atoms with E-state index in [0.29, 0.717) is 17.8 Å². The standard InChI is InChI=1S/C20H24N2O4S2/c1-14-12-17(6-9-19(14)26-3)21-20(23)16-4-7-18(8-5-16)28(24,25)22-10-11-27-13-15(22)2/h4-9,12,15H,10-11,13H2,1-3H3,(H,21,23). The number of sulfonamides is 1. The Morgan fingerprint density at radius 3 is 2.54 bits per heavy atom. The number of carbonyl (C=O) groups excluding carboxylic acids is 1.